The maximum atomic E-state index is 11.9. The van der Waals surface area contributed by atoms with Crippen LogP contribution in [-0.2, 0) is 9.53 Å². The van der Waals surface area contributed by atoms with Crippen LogP contribution >= 0.6 is 0 Å². The number of hydrogen-bond acceptors (Lipinski definition) is 2. The summed E-state index contributed by atoms with van der Waals surface area (Å²) < 4.78 is 5.61. The minimum absolute atomic E-state index is 0.245. The van der Waals surface area contributed by atoms with E-state index in [0.717, 1.165) is 38.9 Å². The summed E-state index contributed by atoms with van der Waals surface area (Å²) in [6.07, 6.45) is 3.83. The Morgan fingerprint density at radius 1 is 1.33 bits per heavy atom. The molecule has 0 radical (unpaired) electrons. The average Bonchev–Trinajstić information content (AvgIpc) is 2.24. The lowest BCUT2D eigenvalue weighted by molar-refractivity contribution is -0.127. The van der Waals surface area contributed by atoms with Crippen molar-refractivity contribution in [1.82, 2.24) is 0 Å². The predicted molar refractivity (Wildman–Crippen MR) is 75.6 cm³/mol. The Kier molecular flexibility index (Phi) is 5.84. The van der Waals surface area contributed by atoms with Crippen molar-refractivity contribution in [2.24, 2.45) is 23.2 Å². The number of rotatable bonds is 5. The first-order valence-electron chi connectivity index (χ1n) is 7.41. The standard InChI is InChI=1S/C16H30O2/c1-12(2)11-18-9-8-13-10-14(16(3,4)5)6-7-15(13)17/h12-14H,6-11H2,1-5H3. The van der Waals surface area contributed by atoms with Gasteiger partial charge in [0, 0.05) is 25.6 Å². The van der Waals surface area contributed by atoms with E-state index in [1.807, 2.05) is 0 Å². The van der Waals surface area contributed by atoms with E-state index in [1.54, 1.807) is 0 Å². The Morgan fingerprint density at radius 3 is 2.56 bits per heavy atom. The minimum Gasteiger partial charge on any atom is -0.381 e. The summed E-state index contributed by atoms with van der Waals surface area (Å²) in [5, 5.41) is 0. The van der Waals surface area contributed by atoms with Gasteiger partial charge in [0.15, 0.2) is 0 Å². The van der Waals surface area contributed by atoms with Crippen molar-refractivity contribution in [3.8, 4) is 0 Å². The average molecular weight is 254 g/mol. The molecule has 2 nitrogen and oxygen atoms in total. The molecule has 1 aliphatic carbocycles. The van der Waals surface area contributed by atoms with Gasteiger partial charge in [-0.15, -0.1) is 0 Å². The zero-order valence-electron chi connectivity index (χ0n) is 12.8. The fourth-order valence-corrected chi connectivity index (χ4v) is 2.72. The molecule has 1 fully saturated rings. The molecule has 1 aliphatic rings. The van der Waals surface area contributed by atoms with Gasteiger partial charge in [0.05, 0.1) is 0 Å². The van der Waals surface area contributed by atoms with E-state index in [9.17, 15) is 4.79 Å². The third kappa shape index (κ3) is 5.09. The van der Waals surface area contributed by atoms with Gasteiger partial charge >= 0.3 is 0 Å². The highest BCUT2D eigenvalue weighted by Crippen LogP contribution is 2.39. The first-order chi connectivity index (χ1) is 8.30. The van der Waals surface area contributed by atoms with Crippen molar-refractivity contribution in [2.45, 2.75) is 60.3 Å². The van der Waals surface area contributed by atoms with Crippen LogP contribution in [0.5, 0.6) is 0 Å². The van der Waals surface area contributed by atoms with Crippen molar-refractivity contribution in [3.05, 3.63) is 0 Å². The van der Waals surface area contributed by atoms with Crippen molar-refractivity contribution in [3.63, 3.8) is 0 Å². The minimum atomic E-state index is 0.245. The van der Waals surface area contributed by atoms with Gasteiger partial charge in [-0.25, -0.2) is 0 Å². The van der Waals surface area contributed by atoms with Crippen LogP contribution in [0.3, 0.4) is 0 Å². The van der Waals surface area contributed by atoms with Gasteiger partial charge in [0.1, 0.15) is 5.78 Å². The molecule has 1 saturated carbocycles. The molecular formula is C16H30O2. The highest BCUT2D eigenvalue weighted by atomic mass is 16.5. The summed E-state index contributed by atoms with van der Waals surface area (Å²) in [5.74, 6) is 1.97. The van der Waals surface area contributed by atoms with Crippen LogP contribution in [0.25, 0.3) is 0 Å². The van der Waals surface area contributed by atoms with Crippen LogP contribution in [0.4, 0.5) is 0 Å². The molecule has 2 atom stereocenters. The van der Waals surface area contributed by atoms with Crippen molar-refractivity contribution in [2.75, 3.05) is 13.2 Å². The van der Waals surface area contributed by atoms with Crippen LogP contribution in [0.15, 0.2) is 0 Å². The number of ketones is 1. The lowest BCUT2D eigenvalue weighted by Gasteiger charge is -2.37. The third-order valence-electron chi connectivity index (χ3n) is 4.05. The number of ether oxygens (including phenoxy) is 1. The molecule has 0 spiro atoms. The van der Waals surface area contributed by atoms with Crippen LogP contribution in [0, 0.1) is 23.2 Å². The number of carbonyl (C=O) groups is 1. The Balaban J connectivity index is 2.36. The largest absolute Gasteiger partial charge is 0.381 e. The van der Waals surface area contributed by atoms with E-state index in [-0.39, 0.29) is 5.92 Å². The molecule has 0 amide bonds. The van der Waals surface area contributed by atoms with Gasteiger partial charge in [-0.1, -0.05) is 34.6 Å². The van der Waals surface area contributed by atoms with E-state index in [1.165, 1.54) is 0 Å². The van der Waals surface area contributed by atoms with E-state index in [2.05, 4.69) is 34.6 Å². The topological polar surface area (TPSA) is 26.3 Å². The summed E-state index contributed by atoms with van der Waals surface area (Å²) in [6.45, 7) is 12.7. The van der Waals surface area contributed by atoms with Crippen LogP contribution < -0.4 is 0 Å². The lowest BCUT2D eigenvalue weighted by Crippen LogP contribution is -2.32. The second-order valence-corrected chi connectivity index (χ2v) is 7.26. The van der Waals surface area contributed by atoms with Gasteiger partial charge in [-0.3, -0.25) is 4.79 Å². The first kappa shape index (κ1) is 15.7. The highest BCUT2D eigenvalue weighted by molar-refractivity contribution is 5.81. The molecular weight excluding hydrogens is 224 g/mol. The van der Waals surface area contributed by atoms with Gasteiger partial charge in [-0.05, 0) is 36.5 Å². The Hall–Kier alpha value is -0.370. The fourth-order valence-electron chi connectivity index (χ4n) is 2.72. The second kappa shape index (κ2) is 6.70. The van der Waals surface area contributed by atoms with Crippen molar-refractivity contribution < 1.29 is 9.53 Å². The van der Waals surface area contributed by atoms with Gasteiger partial charge < -0.3 is 4.74 Å². The van der Waals surface area contributed by atoms with E-state index in [4.69, 9.17) is 4.74 Å². The van der Waals surface area contributed by atoms with Gasteiger partial charge in [-0.2, -0.15) is 0 Å². The molecule has 18 heavy (non-hydrogen) atoms. The predicted octanol–water partition coefficient (Wildman–Crippen LogP) is 4.08. The molecule has 0 N–H and O–H groups in total. The SMILES string of the molecule is CC(C)COCCC1CC(C(C)(C)C)CCC1=O. The van der Waals surface area contributed by atoms with Gasteiger partial charge in [0.25, 0.3) is 0 Å². The molecule has 0 bridgehead atoms. The molecule has 0 aromatic heterocycles. The van der Waals surface area contributed by atoms with Crippen molar-refractivity contribution >= 4 is 5.78 Å². The molecule has 2 heteroatoms. The Labute approximate surface area is 112 Å². The molecule has 1 rings (SSSR count). The smallest absolute Gasteiger partial charge is 0.136 e. The summed E-state index contributed by atoms with van der Waals surface area (Å²) in [4.78, 5) is 11.9. The van der Waals surface area contributed by atoms with Crippen LogP contribution in [-0.4, -0.2) is 19.0 Å². The van der Waals surface area contributed by atoms with Crippen LogP contribution in [0.2, 0.25) is 0 Å². The zero-order chi connectivity index (χ0) is 13.8. The summed E-state index contributed by atoms with van der Waals surface area (Å²) in [7, 11) is 0. The van der Waals surface area contributed by atoms with Crippen LogP contribution in [0.1, 0.15) is 60.3 Å². The van der Waals surface area contributed by atoms with E-state index < -0.39 is 0 Å². The number of Topliss-reactive ketones (excluding diaryl/α,β-unsaturated/α-hetero) is 1. The lowest BCUT2D eigenvalue weighted by atomic mass is 9.68. The zero-order valence-corrected chi connectivity index (χ0v) is 12.8. The molecule has 106 valence electrons. The van der Waals surface area contributed by atoms with E-state index in [0.29, 0.717) is 23.0 Å². The Morgan fingerprint density at radius 2 is 2.00 bits per heavy atom. The maximum Gasteiger partial charge on any atom is 0.136 e. The molecule has 0 saturated heterocycles. The fraction of sp³-hybridized carbons (Fsp3) is 0.938. The number of hydrogen-bond donors (Lipinski definition) is 0. The summed E-state index contributed by atoms with van der Waals surface area (Å²) in [6, 6.07) is 0. The number of carbonyl (C=O) groups excluding carboxylic acids is 1. The molecule has 0 aromatic rings. The second-order valence-electron chi connectivity index (χ2n) is 7.26. The first-order valence-corrected chi connectivity index (χ1v) is 7.41. The van der Waals surface area contributed by atoms with Gasteiger partial charge in [0.2, 0.25) is 0 Å². The molecule has 0 aliphatic heterocycles. The Bertz CT molecular complexity index is 263. The van der Waals surface area contributed by atoms with E-state index >= 15 is 0 Å². The summed E-state index contributed by atoms with van der Waals surface area (Å²) >= 11 is 0. The normalized spacial score (nSPS) is 25.8. The monoisotopic (exact) mass is 254 g/mol. The molecule has 0 aromatic carbocycles. The van der Waals surface area contributed by atoms with Crippen molar-refractivity contribution in [1.29, 1.82) is 0 Å². The molecule has 2 unspecified atom stereocenters. The quantitative estimate of drug-likeness (QED) is 0.691. The molecule has 0 heterocycles. The maximum absolute atomic E-state index is 11.9. The highest BCUT2D eigenvalue weighted by Gasteiger charge is 2.34. The third-order valence-corrected chi connectivity index (χ3v) is 4.05. The summed E-state index contributed by atoms with van der Waals surface area (Å²) in [5.41, 5.74) is 0.331.